The topological polar surface area (TPSA) is 26.3 Å². The van der Waals surface area contributed by atoms with Gasteiger partial charge in [-0.2, -0.15) is 0 Å². The van der Waals surface area contributed by atoms with Crippen molar-refractivity contribution in [2.75, 3.05) is 0 Å². The van der Waals surface area contributed by atoms with Gasteiger partial charge in [0.05, 0.1) is 0 Å². The van der Waals surface area contributed by atoms with E-state index < -0.39 is 0 Å². The molecule has 0 fully saturated rings. The number of rotatable bonds is 6. The van der Waals surface area contributed by atoms with Crippen LogP contribution in [0.15, 0.2) is 12.7 Å². The van der Waals surface area contributed by atoms with Gasteiger partial charge in [-0.25, -0.2) is 0 Å². The van der Waals surface area contributed by atoms with Crippen molar-refractivity contribution in [3.05, 3.63) is 12.7 Å². The van der Waals surface area contributed by atoms with Crippen molar-refractivity contribution >= 4 is 5.97 Å². The number of hydrogen-bond donors (Lipinski definition) is 0. The van der Waals surface area contributed by atoms with E-state index in [2.05, 4.69) is 13.5 Å². The molecule has 2 nitrogen and oxygen atoms in total. The third kappa shape index (κ3) is 3.95. The molecule has 2 heteroatoms. The fraction of sp³-hybridized carbons (Fsp3) is 0.750. The van der Waals surface area contributed by atoms with Crippen molar-refractivity contribution in [2.45, 2.75) is 52.6 Å². The maximum absolute atomic E-state index is 11.2. The smallest absolute Gasteiger partial charge is 0.306 e. The maximum Gasteiger partial charge on any atom is 0.306 e. The number of allylic oxidation sites excluding steroid dienone is 1. The molecule has 0 heterocycles. The SMILES string of the molecule is C=CCC(CC)C(C)(C)OC(=O)CC. The predicted octanol–water partition coefficient (Wildman–Crippen LogP) is 3.32. The molecule has 0 saturated carbocycles. The van der Waals surface area contributed by atoms with Crippen LogP contribution in [0.5, 0.6) is 0 Å². The predicted molar refractivity (Wildman–Crippen MR) is 59.1 cm³/mol. The van der Waals surface area contributed by atoms with Crippen LogP contribution >= 0.6 is 0 Å². The summed E-state index contributed by atoms with van der Waals surface area (Å²) in [7, 11) is 0. The van der Waals surface area contributed by atoms with Crippen LogP contribution in [0.2, 0.25) is 0 Å². The van der Waals surface area contributed by atoms with E-state index in [4.69, 9.17) is 4.74 Å². The molecule has 0 rings (SSSR count). The molecule has 14 heavy (non-hydrogen) atoms. The summed E-state index contributed by atoms with van der Waals surface area (Å²) in [6.07, 6.45) is 4.21. The molecular weight excluding hydrogens is 176 g/mol. The molecule has 0 aliphatic heterocycles. The average molecular weight is 198 g/mol. The lowest BCUT2D eigenvalue weighted by atomic mass is 9.86. The molecule has 0 saturated heterocycles. The third-order valence-corrected chi connectivity index (χ3v) is 2.59. The van der Waals surface area contributed by atoms with E-state index in [1.54, 1.807) is 0 Å². The second-order valence-corrected chi connectivity index (χ2v) is 4.06. The van der Waals surface area contributed by atoms with Crippen LogP contribution in [-0.2, 0) is 9.53 Å². The zero-order chi connectivity index (χ0) is 11.2. The van der Waals surface area contributed by atoms with Gasteiger partial charge in [0.2, 0.25) is 0 Å². The summed E-state index contributed by atoms with van der Waals surface area (Å²) in [5, 5.41) is 0. The van der Waals surface area contributed by atoms with Crippen LogP contribution in [0.4, 0.5) is 0 Å². The molecule has 0 aliphatic carbocycles. The highest BCUT2D eigenvalue weighted by molar-refractivity contribution is 5.69. The Morgan fingerprint density at radius 1 is 1.50 bits per heavy atom. The van der Waals surface area contributed by atoms with Crippen molar-refractivity contribution in [3.63, 3.8) is 0 Å². The average Bonchev–Trinajstić information content (AvgIpc) is 2.12. The minimum Gasteiger partial charge on any atom is -0.459 e. The lowest BCUT2D eigenvalue weighted by Crippen LogP contribution is -2.36. The highest BCUT2D eigenvalue weighted by Crippen LogP contribution is 2.28. The summed E-state index contributed by atoms with van der Waals surface area (Å²) in [5.41, 5.74) is -0.379. The van der Waals surface area contributed by atoms with Crippen molar-refractivity contribution in [2.24, 2.45) is 5.92 Å². The Morgan fingerprint density at radius 3 is 2.43 bits per heavy atom. The molecule has 82 valence electrons. The van der Waals surface area contributed by atoms with Gasteiger partial charge in [0, 0.05) is 12.3 Å². The molecule has 0 aromatic carbocycles. The molecule has 0 aromatic rings. The standard InChI is InChI=1S/C12H22O2/c1-6-9-10(7-2)12(4,5)14-11(13)8-3/h6,10H,1,7-9H2,2-5H3. The maximum atomic E-state index is 11.2. The summed E-state index contributed by atoms with van der Waals surface area (Å²) in [4.78, 5) is 11.2. The summed E-state index contributed by atoms with van der Waals surface area (Å²) in [6, 6.07) is 0. The van der Waals surface area contributed by atoms with E-state index >= 15 is 0 Å². The largest absolute Gasteiger partial charge is 0.459 e. The lowest BCUT2D eigenvalue weighted by molar-refractivity contribution is -0.161. The van der Waals surface area contributed by atoms with Gasteiger partial charge in [-0.15, -0.1) is 6.58 Å². The first-order valence-electron chi connectivity index (χ1n) is 5.30. The minimum atomic E-state index is -0.379. The molecule has 0 aliphatic rings. The van der Waals surface area contributed by atoms with E-state index in [1.807, 2.05) is 26.8 Å². The first-order valence-corrected chi connectivity index (χ1v) is 5.30. The quantitative estimate of drug-likeness (QED) is 0.483. The highest BCUT2D eigenvalue weighted by atomic mass is 16.6. The van der Waals surface area contributed by atoms with E-state index in [1.165, 1.54) is 0 Å². The second-order valence-electron chi connectivity index (χ2n) is 4.06. The Labute approximate surface area is 87.3 Å². The fourth-order valence-corrected chi connectivity index (χ4v) is 1.59. The van der Waals surface area contributed by atoms with Gasteiger partial charge in [0.1, 0.15) is 5.60 Å². The Bertz CT molecular complexity index is 194. The Morgan fingerprint density at radius 2 is 2.07 bits per heavy atom. The number of carbonyl (C=O) groups excluding carboxylic acids is 1. The van der Waals surface area contributed by atoms with Crippen LogP contribution in [0.3, 0.4) is 0 Å². The Balaban J connectivity index is 4.38. The van der Waals surface area contributed by atoms with Gasteiger partial charge in [-0.3, -0.25) is 4.79 Å². The number of ether oxygens (including phenoxy) is 1. The molecular formula is C12H22O2. The van der Waals surface area contributed by atoms with Gasteiger partial charge >= 0.3 is 5.97 Å². The molecule has 0 bridgehead atoms. The van der Waals surface area contributed by atoms with Crippen LogP contribution in [0.25, 0.3) is 0 Å². The molecule has 0 N–H and O–H groups in total. The zero-order valence-electron chi connectivity index (χ0n) is 9.80. The fourth-order valence-electron chi connectivity index (χ4n) is 1.59. The monoisotopic (exact) mass is 198 g/mol. The molecule has 0 radical (unpaired) electrons. The lowest BCUT2D eigenvalue weighted by Gasteiger charge is -2.32. The van der Waals surface area contributed by atoms with Crippen LogP contribution in [0.1, 0.15) is 47.0 Å². The number of esters is 1. The summed E-state index contributed by atoms with van der Waals surface area (Å²) >= 11 is 0. The van der Waals surface area contributed by atoms with Crippen molar-refractivity contribution < 1.29 is 9.53 Å². The van der Waals surface area contributed by atoms with E-state index in [9.17, 15) is 4.79 Å². The Hall–Kier alpha value is -0.790. The molecule has 1 atom stereocenters. The van der Waals surface area contributed by atoms with E-state index in [-0.39, 0.29) is 11.6 Å². The molecule has 0 spiro atoms. The van der Waals surface area contributed by atoms with Crippen molar-refractivity contribution in [1.29, 1.82) is 0 Å². The summed E-state index contributed by atoms with van der Waals surface area (Å²) < 4.78 is 5.41. The van der Waals surface area contributed by atoms with Crippen LogP contribution < -0.4 is 0 Å². The first-order chi connectivity index (χ1) is 6.47. The van der Waals surface area contributed by atoms with Gasteiger partial charge in [0.25, 0.3) is 0 Å². The van der Waals surface area contributed by atoms with Crippen molar-refractivity contribution in [1.82, 2.24) is 0 Å². The Kier molecular flexibility index (Phi) is 5.51. The van der Waals surface area contributed by atoms with E-state index in [0.29, 0.717) is 12.3 Å². The number of carbonyl (C=O) groups is 1. The van der Waals surface area contributed by atoms with Gasteiger partial charge in [-0.1, -0.05) is 19.9 Å². The van der Waals surface area contributed by atoms with Gasteiger partial charge in [0.15, 0.2) is 0 Å². The summed E-state index contributed by atoms with van der Waals surface area (Å²) in [5.74, 6) is 0.230. The second kappa shape index (κ2) is 5.84. The summed E-state index contributed by atoms with van der Waals surface area (Å²) in [6.45, 7) is 11.6. The normalized spacial score (nSPS) is 13.4. The van der Waals surface area contributed by atoms with E-state index in [0.717, 1.165) is 12.8 Å². The zero-order valence-corrected chi connectivity index (χ0v) is 9.80. The number of hydrogen-bond acceptors (Lipinski definition) is 2. The first kappa shape index (κ1) is 13.2. The van der Waals surface area contributed by atoms with Crippen molar-refractivity contribution in [3.8, 4) is 0 Å². The van der Waals surface area contributed by atoms with Crippen LogP contribution in [-0.4, -0.2) is 11.6 Å². The molecule has 0 aromatic heterocycles. The minimum absolute atomic E-state index is 0.127. The van der Waals surface area contributed by atoms with Crippen LogP contribution in [0, 0.1) is 5.92 Å². The third-order valence-electron chi connectivity index (χ3n) is 2.59. The highest BCUT2D eigenvalue weighted by Gasteiger charge is 2.30. The molecule has 0 amide bonds. The van der Waals surface area contributed by atoms with Gasteiger partial charge in [-0.05, 0) is 26.7 Å². The van der Waals surface area contributed by atoms with Gasteiger partial charge < -0.3 is 4.74 Å². The molecule has 1 unspecified atom stereocenters.